The third-order valence-corrected chi connectivity index (χ3v) is 9.30. The van der Waals surface area contributed by atoms with Crippen LogP contribution in [0.2, 0.25) is 5.02 Å². The summed E-state index contributed by atoms with van der Waals surface area (Å²) in [6.07, 6.45) is 6.30. The number of halogens is 1. The highest BCUT2D eigenvalue weighted by atomic mass is 35.5. The number of amides is 3. The van der Waals surface area contributed by atoms with Gasteiger partial charge in [-0.15, -0.1) is 0 Å². The summed E-state index contributed by atoms with van der Waals surface area (Å²) in [5, 5.41) is 6.75. The fourth-order valence-corrected chi connectivity index (χ4v) is 6.89. The van der Waals surface area contributed by atoms with E-state index < -0.39 is 29.6 Å². The molecular formula is C28H36ClN3O4. The van der Waals surface area contributed by atoms with Gasteiger partial charge in [0.2, 0.25) is 17.7 Å². The van der Waals surface area contributed by atoms with Crippen molar-refractivity contribution in [2.24, 2.45) is 23.7 Å². The molecule has 3 fully saturated rings. The van der Waals surface area contributed by atoms with Gasteiger partial charge in [0.15, 0.2) is 0 Å². The van der Waals surface area contributed by atoms with Gasteiger partial charge in [-0.1, -0.05) is 56.5 Å². The Morgan fingerprint density at radius 1 is 1.19 bits per heavy atom. The van der Waals surface area contributed by atoms with Crippen molar-refractivity contribution in [3.63, 3.8) is 0 Å². The molecule has 2 saturated heterocycles. The molecule has 5 rings (SSSR count). The van der Waals surface area contributed by atoms with Crippen LogP contribution in [0.15, 0.2) is 30.4 Å². The lowest BCUT2D eigenvalue weighted by Crippen LogP contribution is -2.58. The smallest absolute Gasteiger partial charge is 0.246 e. The summed E-state index contributed by atoms with van der Waals surface area (Å²) in [6.45, 7) is 10.1. The van der Waals surface area contributed by atoms with Crippen molar-refractivity contribution in [3.05, 3.63) is 40.9 Å². The molecule has 36 heavy (non-hydrogen) atoms. The second-order valence-electron chi connectivity index (χ2n) is 11.4. The minimum Gasteiger partial charge on any atom is -0.359 e. The molecule has 3 amide bonds. The zero-order chi connectivity index (χ0) is 25.9. The van der Waals surface area contributed by atoms with Gasteiger partial charge < -0.3 is 20.3 Å². The number of nitrogens with one attached hydrogen (secondary N) is 2. The number of anilines is 1. The van der Waals surface area contributed by atoms with Gasteiger partial charge >= 0.3 is 0 Å². The first-order chi connectivity index (χ1) is 17.0. The summed E-state index contributed by atoms with van der Waals surface area (Å²) in [4.78, 5) is 42.8. The Hall–Kier alpha value is -2.38. The van der Waals surface area contributed by atoms with Crippen molar-refractivity contribution in [3.8, 4) is 0 Å². The normalized spacial score (nSPS) is 36.9. The molecule has 0 radical (unpaired) electrons. The molecule has 1 saturated carbocycles. The molecule has 3 heterocycles. The minimum atomic E-state index is -1.15. The molecule has 2 bridgehead atoms. The van der Waals surface area contributed by atoms with Crippen LogP contribution in [-0.4, -0.2) is 52.5 Å². The third kappa shape index (κ3) is 3.86. The second kappa shape index (κ2) is 9.18. The van der Waals surface area contributed by atoms with E-state index in [1.54, 1.807) is 17.0 Å². The number of nitrogens with zero attached hydrogens (tertiary/aromatic N) is 1. The second-order valence-corrected chi connectivity index (χ2v) is 11.8. The standard InChI is InChI=1S/C28H36ClN3O4/c1-14(2)32-24(26(34)31-20-8-6-7-15(3)17(20)5)28-12-11-21(36-28)22(23(28)27(32)35)25(33)30-18-10-9-16(4)19(29)13-18/h9-15,17,20-24H,6-8H2,1-5H3,(H,30,33)(H,31,34). The fraction of sp³-hybridized carbons (Fsp3) is 0.607. The number of ether oxygens (including phenoxy) is 1. The molecule has 8 heteroatoms. The first-order valence-corrected chi connectivity index (χ1v) is 13.5. The molecule has 2 N–H and O–H groups in total. The van der Waals surface area contributed by atoms with E-state index in [0.717, 1.165) is 24.8 Å². The lowest BCUT2D eigenvalue weighted by atomic mass is 9.73. The first kappa shape index (κ1) is 25.3. The van der Waals surface area contributed by atoms with Gasteiger partial charge in [0.05, 0.1) is 17.9 Å². The summed E-state index contributed by atoms with van der Waals surface area (Å²) in [5.41, 5.74) is 0.332. The van der Waals surface area contributed by atoms with E-state index in [9.17, 15) is 14.4 Å². The van der Waals surface area contributed by atoms with Crippen molar-refractivity contribution in [2.45, 2.75) is 83.7 Å². The number of rotatable bonds is 5. The van der Waals surface area contributed by atoms with Crippen molar-refractivity contribution in [1.29, 1.82) is 0 Å². The topological polar surface area (TPSA) is 87.7 Å². The van der Waals surface area contributed by atoms with E-state index in [1.807, 2.05) is 39.0 Å². The van der Waals surface area contributed by atoms with Crippen LogP contribution in [0.5, 0.6) is 0 Å². The predicted octanol–water partition coefficient (Wildman–Crippen LogP) is 4.09. The molecule has 1 aliphatic carbocycles. The largest absolute Gasteiger partial charge is 0.359 e. The average Bonchev–Trinajstić information content (AvgIpc) is 3.46. The Morgan fingerprint density at radius 2 is 1.94 bits per heavy atom. The Balaban J connectivity index is 1.43. The molecule has 0 aromatic heterocycles. The van der Waals surface area contributed by atoms with Crippen LogP contribution in [0, 0.1) is 30.6 Å². The summed E-state index contributed by atoms with van der Waals surface area (Å²) in [7, 11) is 0. The van der Waals surface area contributed by atoms with E-state index in [4.69, 9.17) is 16.3 Å². The number of hydrogen-bond acceptors (Lipinski definition) is 4. The number of carbonyl (C=O) groups excluding carboxylic acids is 3. The van der Waals surface area contributed by atoms with Gasteiger partial charge in [0.1, 0.15) is 11.6 Å². The first-order valence-electron chi connectivity index (χ1n) is 13.1. The van der Waals surface area contributed by atoms with E-state index in [2.05, 4.69) is 24.5 Å². The van der Waals surface area contributed by atoms with Crippen molar-refractivity contribution < 1.29 is 19.1 Å². The van der Waals surface area contributed by atoms with Crippen LogP contribution in [0.4, 0.5) is 5.69 Å². The molecule has 8 atom stereocenters. The van der Waals surface area contributed by atoms with Gasteiger partial charge in [-0.3, -0.25) is 14.4 Å². The van der Waals surface area contributed by atoms with Crippen molar-refractivity contribution in [2.75, 3.05) is 5.32 Å². The van der Waals surface area contributed by atoms with Crippen LogP contribution in [-0.2, 0) is 19.1 Å². The zero-order valence-corrected chi connectivity index (χ0v) is 22.3. The quantitative estimate of drug-likeness (QED) is 0.580. The third-order valence-electron chi connectivity index (χ3n) is 8.89. The van der Waals surface area contributed by atoms with Gasteiger partial charge in [-0.25, -0.2) is 0 Å². The predicted molar refractivity (Wildman–Crippen MR) is 138 cm³/mol. The van der Waals surface area contributed by atoms with E-state index >= 15 is 0 Å². The maximum Gasteiger partial charge on any atom is 0.246 e. The monoisotopic (exact) mass is 513 g/mol. The number of aryl methyl sites for hydroxylation is 1. The highest BCUT2D eigenvalue weighted by molar-refractivity contribution is 6.31. The molecule has 8 unspecified atom stereocenters. The average molecular weight is 514 g/mol. The fourth-order valence-electron chi connectivity index (χ4n) is 6.71. The van der Waals surface area contributed by atoms with Gasteiger partial charge in [-0.2, -0.15) is 0 Å². The summed E-state index contributed by atoms with van der Waals surface area (Å²) < 4.78 is 6.40. The Morgan fingerprint density at radius 3 is 2.64 bits per heavy atom. The highest BCUT2D eigenvalue weighted by Gasteiger charge is 2.73. The lowest BCUT2D eigenvalue weighted by Gasteiger charge is -2.38. The summed E-state index contributed by atoms with van der Waals surface area (Å²) >= 11 is 6.25. The molecular weight excluding hydrogens is 478 g/mol. The Kier molecular flexibility index (Phi) is 6.44. The molecule has 1 spiro atoms. The number of carbonyl (C=O) groups is 3. The lowest BCUT2D eigenvalue weighted by molar-refractivity contribution is -0.143. The van der Waals surface area contributed by atoms with E-state index in [1.165, 1.54) is 0 Å². The zero-order valence-electron chi connectivity index (χ0n) is 21.6. The molecule has 7 nitrogen and oxygen atoms in total. The maximum absolute atomic E-state index is 13.9. The minimum absolute atomic E-state index is 0.0637. The number of likely N-dealkylation sites (tertiary alicyclic amines) is 1. The van der Waals surface area contributed by atoms with Crippen LogP contribution < -0.4 is 10.6 Å². The van der Waals surface area contributed by atoms with E-state index in [0.29, 0.717) is 22.5 Å². The molecule has 3 aliphatic heterocycles. The highest BCUT2D eigenvalue weighted by Crippen LogP contribution is 2.55. The van der Waals surface area contributed by atoms with Crippen molar-refractivity contribution >= 4 is 35.0 Å². The number of benzene rings is 1. The summed E-state index contributed by atoms with van der Waals surface area (Å²) in [5.74, 6) is -1.29. The SMILES string of the molecule is Cc1ccc(NC(=O)C2C3C=CC4(O3)C2C(=O)N(C(C)C)C4C(=O)NC2CCCC(C)C2C)cc1Cl. The van der Waals surface area contributed by atoms with Crippen molar-refractivity contribution in [1.82, 2.24) is 10.2 Å². The van der Waals surface area contributed by atoms with Crippen LogP contribution >= 0.6 is 11.6 Å². The Labute approximate surface area is 218 Å². The maximum atomic E-state index is 13.9. The number of fused-ring (bicyclic) bond motifs is 1. The molecule has 4 aliphatic rings. The molecule has 1 aromatic carbocycles. The van der Waals surface area contributed by atoms with E-state index in [-0.39, 0.29) is 29.8 Å². The van der Waals surface area contributed by atoms with Crippen LogP contribution in [0.3, 0.4) is 0 Å². The molecule has 1 aromatic rings. The van der Waals surface area contributed by atoms with Crippen LogP contribution in [0.25, 0.3) is 0 Å². The Bertz CT molecular complexity index is 1120. The van der Waals surface area contributed by atoms with Crippen LogP contribution in [0.1, 0.15) is 52.5 Å². The summed E-state index contributed by atoms with van der Waals surface area (Å²) in [6, 6.07) is 4.37. The number of hydrogen-bond donors (Lipinski definition) is 2. The van der Waals surface area contributed by atoms with Gasteiger partial charge in [0.25, 0.3) is 0 Å². The molecule has 194 valence electrons. The van der Waals surface area contributed by atoms with Gasteiger partial charge in [-0.05, 0) is 56.7 Å². The van der Waals surface area contributed by atoms with Gasteiger partial charge in [0, 0.05) is 22.8 Å².